The van der Waals surface area contributed by atoms with Crippen molar-refractivity contribution in [1.82, 2.24) is 9.88 Å². The van der Waals surface area contributed by atoms with E-state index in [1.165, 1.54) is 5.39 Å². The number of hydrogen-bond acceptors (Lipinski definition) is 2. The summed E-state index contributed by atoms with van der Waals surface area (Å²) in [5.41, 5.74) is 5.16. The lowest BCUT2D eigenvalue weighted by molar-refractivity contribution is 0.0722. The highest BCUT2D eigenvalue weighted by molar-refractivity contribution is 6.02. The van der Waals surface area contributed by atoms with Crippen LogP contribution in [-0.2, 0) is 13.0 Å². The number of anilines is 1. The Morgan fingerprint density at radius 3 is 2.78 bits per heavy atom. The summed E-state index contributed by atoms with van der Waals surface area (Å²) in [5, 5.41) is 4.37. The number of aromatic nitrogens is 1. The number of benzene rings is 2. The molecule has 0 unspecified atom stereocenters. The van der Waals surface area contributed by atoms with Gasteiger partial charge < -0.3 is 15.2 Å². The number of aromatic amines is 1. The van der Waals surface area contributed by atoms with Crippen molar-refractivity contribution in [2.24, 2.45) is 0 Å². The predicted octanol–water partition coefficient (Wildman–Crippen LogP) is 3.41. The average Bonchev–Trinajstić information content (AvgIpc) is 2.97. The van der Waals surface area contributed by atoms with Gasteiger partial charge in [-0.05, 0) is 29.7 Å². The molecule has 1 aromatic heterocycles. The van der Waals surface area contributed by atoms with Crippen LogP contribution in [0.25, 0.3) is 10.9 Å². The summed E-state index contributed by atoms with van der Waals surface area (Å²) >= 11 is 0. The number of H-pyrrole nitrogens is 1. The lowest BCUT2D eigenvalue weighted by Crippen LogP contribution is -2.37. The number of fused-ring (bicyclic) bond motifs is 3. The molecule has 23 heavy (non-hydrogen) atoms. The molecule has 1 aliphatic heterocycles. The van der Waals surface area contributed by atoms with Crippen LogP contribution in [0.2, 0.25) is 0 Å². The molecule has 2 N–H and O–H groups in total. The third-order valence-corrected chi connectivity index (χ3v) is 4.59. The van der Waals surface area contributed by atoms with E-state index in [-0.39, 0.29) is 5.91 Å². The Morgan fingerprint density at radius 1 is 1.13 bits per heavy atom. The fourth-order valence-corrected chi connectivity index (χ4v) is 3.41. The molecule has 2 aromatic carbocycles. The molecular formula is C19H19N3O. The zero-order valence-electron chi connectivity index (χ0n) is 13.1. The van der Waals surface area contributed by atoms with E-state index in [4.69, 9.17) is 0 Å². The van der Waals surface area contributed by atoms with Gasteiger partial charge in [0.05, 0.1) is 0 Å². The molecule has 2 heterocycles. The van der Waals surface area contributed by atoms with Gasteiger partial charge in [0.15, 0.2) is 0 Å². The zero-order valence-corrected chi connectivity index (χ0v) is 13.1. The van der Waals surface area contributed by atoms with Crippen LogP contribution in [0, 0.1) is 0 Å². The van der Waals surface area contributed by atoms with Crippen LogP contribution in [0.15, 0.2) is 48.5 Å². The molecule has 0 aliphatic carbocycles. The van der Waals surface area contributed by atoms with Crippen molar-refractivity contribution in [2.75, 3.05) is 18.9 Å². The molecule has 0 spiro atoms. The van der Waals surface area contributed by atoms with Gasteiger partial charge in [-0.25, -0.2) is 0 Å². The van der Waals surface area contributed by atoms with E-state index in [2.05, 4.69) is 22.4 Å². The molecule has 4 heteroatoms. The fraction of sp³-hybridized carbons (Fsp3) is 0.211. The maximum atomic E-state index is 12.9. The monoisotopic (exact) mass is 305 g/mol. The summed E-state index contributed by atoms with van der Waals surface area (Å²) < 4.78 is 0. The van der Waals surface area contributed by atoms with E-state index in [0.717, 1.165) is 41.0 Å². The number of rotatable bonds is 3. The minimum atomic E-state index is 0.0911. The number of nitrogens with zero attached hydrogens (tertiary/aromatic N) is 1. The van der Waals surface area contributed by atoms with Gasteiger partial charge in [0.1, 0.15) is 5.69 Å². The second-order valence-corrected chi connectivity index (χ2v) is 5.91. The quantitative estimate of drug-likeness (QED) is 0.779. The highest BCUT2D eigenvalue weighted by Gasteiger charge is 2.28. The summed E-state index contributed by atoms with van der Waals surface area (Å²) in [6.45, 7) is 1.39. The molecule has 0 saturated carbocycles. The predicted molar refractivity (Wildman–Crippen MR) is 92.7 cm³/mol. The standard InChI is InChI=1S/C19H19N3O/c1-20-16-8-4-2-6-13(16)12-22-11-10-15-14-7-3-5-9-17(14)21-18(15)19(22)23/h2-9,20-21H,10-12H2,1H3. The molecule has 3 aromatic rings. The number of carbonyl (C=O) groups excluding carboxylic acids is 1. The maximum absolute atomic E-state index is 12.9. The van der Waals surface area contributed by atoms with Gasteiger partial charge in [0.25, 0.3) is 5.91 Å². The zero-order chi connectivity index (χ0) is 15.8. The molecule has 1 aliphatic rings. The third-order valence-electron chi connectivity index (χ3n) is 4.59. The first kappa shape index (κ1) is 13.9. The highest BCUT2D eigenvalue weighted by Crippen LogP contribution is 2.28. The summed E-state index contributed by atoms with van der Waals surface area (Å²) in [5.74, 6) is 0.0911. The number of nitrogens with one attached hydrogen (secondary N) is 2. The van der Waals surface area contributed by atoms with Crippen LogP contribution >= 0.6 is 0 Å². The second-order valence-electron chi connectivity index (χ2n) is 5.91. The van der Waals surface area contributed by atoms with Crippen LogP contribution < -0.4 is 5.32 Å². The van der Waals surface area contributed by atoms with Gasteiger partial charge in [0, 0.05) is 36.7 Å². The Morgan fingerprint density at radius 2 is 1.91 bits per heavy atom. The van der Waals surface area contributed by atoms with E-state index >= 15 is 0 Å². The van der Waals surface area contributed by atoms with E-state index in [1.54, 1.807) is 0 Å². The van der Waals surface area contributed by atoms with Crippen molar-refractivity contribution >= 4 is 22.5 Å². The Kier molecular flexibility index (Phi) is 3.30. The number of para-hydroxylation sites is 2. The highest BCUT2D eigenvalue weighted by atomic mass is 16.2. The van der Waals surface area contributed by atoms with Crippen LogP contribution in [-0.4, -0.2) is 29.4 Å². The summed E-state index contributed by atoms with van der Waals surface area (Å²) in [6.07, 6.45) is 0.896. The molecule has 0 saturated heterocycles. The van der Waals surface area contributed by atoms with Crippen molar-refractivity contribution in [3.63, 3.8) is 0 Å². The Hall–Kier alpha value is -2.75. The fourth-order valence-electron chi connectivity index (χ4n) is 3.41. The molecular weight excluding hydrogens is 286 g/mol. The minimum Gasteiger partial charge on any atom is -0.388 e. The second kappa shape index (κ2) is 5.47. The molecule has 0 atom stereocenters. The topological polar surface area (TPSA) is 48.1 Å². The molecule has 1 amide bonds. The van der Waals surface area contributed by atoms with Crippen molar-refractivity contribution < 1.29 is 4.79 Å². The Balaban J connectivity index is 1.67. The Bertz CT molecular complexity index is 881. The van der Waals surface area contributed by atoms with Crippen LogP contribution in [0.1, 0.15) is 21.6 Å². The van der Waals surface area contributed by atoms with Crippen LogP contribution in [0.4, 0.5) is 5.69 Å². The molecule has 0 bridgehead atoms. The van der Waals surface area contributed by atoms with Crippen molar-refractivity contribution in [1.29, 1.82) is 0 Å². The van der Waals surface area contributed by atoms with Gasteiger partial charge in [-0.1, -0.05) is 36.4 Å². The number of carbonyl (C=O) groups is 1. The minimum absolute atomic E-state index is 0.0911. The molecule has 0 fully saturated rings. The maximum Gasteiger partial charge on any atom is 0.270 e. The first-order valence-corrected chi connectivity index (χ1v) is 7.92. The van der Waals surface area contributed by atoms with Gasteiger partial charge in [-0.15, -0.1) is 0 Å². The van der Waals surface area contributed by atoms with Crippen molar-refractivity contribution in [2.45, 2.75) is 13.0 Å². The lowest BCUT2D eigenvalue weighted by atomic mass is 10.0. The largest absolute Gasteiger partial charge is 0.388 e. The third kappa shape index (κ3) is 2.27. The van der Waals surface area contributed by atoms with Gasteiger partial charge in [0.2, 0.25) is 0 Å². The first-order valence-electron chi connectivity index (χ1n) is 7.92. The van der Waals surface area contributed by atoms with Gasteiger partial charge >= 0.3 is 0 Å². The lowest BCUT2D eigenvalue weighted by Gasteiger charge is -2.27. The van der Waals surface area contributed by atoms with Gasteiger partial charge in [-0.3, -0.25) is 4.79 Å². The summed E-state index contributed by atoms with van der Waals surface area (Å²) in [4.78, 5) is 18.1. The molecule has 4 nitrogen and oxygen atoms in total. The summed E-state index contributed by atoms with van der Waals surface area (Å²) in [6, 6.07) is 16.3. The van der Waals surface area contributed by atoms with E-state index in [0.29, 0.717) is 6.54 Å². The smallest absolute Gasteiger partial charge is 0.270 e. The number of hydrogen-bond donors (Lipinski definition) is 2. The molecule has 0 radical (unpaired) electrons. The average molecular weight is 305 g/mol. The van der Waals surface area contributed by atoms with Gasteiger partial charge in [-0.2, -0.15) is 0 Å². The number of amides is 1. The van der Waals surface area contributed by atoms with E-state index in [9.17, 15) is 4.79 Å². The van der Waals surface area contributed by atoms with Crippen LogP contribution in [0.3, 0.4) is 0 Å². The van der Waals surface area contributed by atoms with E-state index in [1.807, 2.05) is 48.3 Å². The van der Waals surface area contributed by atoms with Crippen LogP contribution in [0.5, 0.6) is 0 Å². The SMILES string of the molecule is CNc1ccccc1CN1CCc2c([nH]c3ccccc23)C1=O. The van der Waals surface area contributed by atoms with Crippen molar-refractivity contribution in [3.05, 3.63) is 65.4 Å². The first-order chi connectivity index (χ1) is 11.3. The molecule has 4 rings (SSSR count). The normalized spacial score (nSPS) is 14.1. The van der Waals surface area contributed by atoms with E-state index < -0.39 is 0 Å². The summed E-state index contributed by atoms with van der Waals surface area (Å²) in [7, 11) is 1.91. The Labute approximate surface area is 135 Å². The van der Waals surface area contributed by atoms with Crippen molar-refractivity contribution in [3.8, 4) is 0 Å². The molecule has 116 valence electrons.